The molecular formula is C28H33N3O7S2. The lowest BCUT2D eigenvalue weighted by molar-refractivity contribution is -0.402. The minimum absolute atomic E-state index is 0.0423. The predicted molar refractivity (Wildman–Crippen MR) is 155 cm³/mol. The van der Waals surface area contributed by atoms with Crippen molar-refractivity contribution in [2.45, 2.75) is 45.6 Å². The predicted octanol–water partition coefficient (Wildman–Crippen LogP) is 4.51. The first kappa shape index (κ1) is 29.8. The van der Waals surface area contributed by atoms with Gasteiger partial charge in [0.25, 0.3) is 6.20 Å². The van der Waals surface area contributed by atoms with Crippen molar-refractivity contribution in [3.05, 3.63) is 75.4 Å². The molecule has 2 aromatic carbocycles. The van der Waals surface area contributed by atoms with E-state index in [0.29, 0.717) is 29.1 Å². The van der Waals surface area contributed by atoms with E-state index >= 15 is 0 Å². The van der Waals surface area contributed by atoms with Crippen molar-refractivity contribution in [2.24, 2.45) is 16.7 Å². The fraction of sp³-hybridized carbons (Fsp3) is 0.429. The Labute approximate surface area is 237 Å². The van der Waals surface area contributed by atoms with Crippen molar-refractivity contribution in [1.82, 2.24) is 4.72 Å². The Balaban J connectivity index is 1.46. The van der Waals surface area contributed by atoms with Gasteiger partial charge in [0.2, 0.25) is 10.0 Å². The number of rotatable bonds is 12. The van der Waals surface area contributed by atoms with E-state index in [-0.39, 0.29) is 18.1 Å². The molecule has 40 heavy (non-hydrogen) atoms. The van der Waals surface area contributed by atoms with E-state index in [1.54, 1.807) is 24.5 Å². The van der Waals surface area contributed by atoms with Crippen molar-refractivity contribution in [1.29, 1.82) is 0 Å². The summed E-state index contributed by atoms with van der Waals surface area (Å²) in [5.74, 6) is -1.58. The van der Waals surface area contributed by atoms with Gasteiger partial charge in [0.15, 0.2) is 0 Å². The quantitative estimate of drug-likeness (QED) is 0.240. The van der Waals surface area contributed by atoms with E-state index in [4.69, 9.17) is 0 Å². The van der Waals surface area contributed by atoms with Gasteiger partial charge in [-0.05, 0) is 65.7 Å². The van der Waals surface area contributed by atoms with Crippen LogP contribution < -0.4 is 10.0 Å². The summed E-state index contributed by atoms with van der Waals surface area (Å²) in [7, 11) is -4.06. The van der Waals surface area contributed by atoms with Crippen molar-refractivity contribution in [2.75, 3.05) is 17.3 Å². The van der Waals surface area contributed by atoms with E-state index in [1.165, 1.54) is 11.8 Å². The van der Waals surface area contributed by atoms with Crippen LogP contribution in [0.2, 0.25) is 0 Å². The van der Waals surface area contributed by atoms with E-state index in [0.717, 1.165) is 23.7 Å². The van der Waals surface area contributed by atoms with Gasteiger partial charge in [-0.2, -0.15) is 0 Å². The summed E-state index contributed by atoms with van der Waals surface area (Å²) < 4.78 is 28.7. The molecule has 4 rings (SSSR count). The number of hydrogen-bond acceptors (Lipinski definition) is 8. The van der Waals surface area contributed by atoms with Gasteiger partial charge in [0, 0.05) is 17.5 Å². The number of nitrogens with zero attached hydrogens (tertiary/aromatic N) is 1. The highest BCUT2D eigenvalue weighted by Crippen LogP contribution is 2.64. The topological polar surface area (TPSA) is 156 Å². The lowest BCUT2D eigenvalue weighted by atomic mass is 9.70. The maximum Gasteiger partial charge on any atom is 0.322 e. The second kappa shape index (κ2) is 11.3. The van der Waals surface area contributed by atoms with Crippen LogP contribution in [0.4, 0.5) is 5.69 Å². The number of nitrogens with one attached hydrogen (secondary N) is 2. The molecule has 0 aliphatic heterocycles. The standard InChI is InChI=1S/C28H33N3O7S2/c1-27(2)21-11-12-28(27,24(32)15-21)17-40(37,38)30-23(26(33)34)13-18-7-9-19(10-8-18)20-5-4-6-22(14-20)29-25(39-3)16-31(35)36/h4-10,14,16,21,23,29-30H,11-13,15,17H2,1-3H3,(H,33,34)/b25-16-/t21-,23-,28?/m0/s1. The highest BCUT2D eigenvalue weighted by molar-refractivity contribution is 8.02. The largest absolute Gasteiger partial charge is 0.480 e. The molecule has 12 heteroatoms. The Bertz CT molecular complexity index is 1450. The number of hydrogen-bond donors (Lipinski definition) is 3. The molecule has 10 nitrogen and oxygen atoms in total. The summed E-state index contributed by atoms with van der Waals surface area (Å²) in [5.41, 5.74) is 1.55. The molecule has 0 heterocycles. The van der Waals surface area contributed by atoms with Gasteiger partial charge >= 0.3 is 5.97 Å². The van der Waals surface area contributed by atoms with Gasteiger partial charge in [-0.25, -0.2) is 13.1 Å². The first-order valence-electron chi connectivity index (χ1n) is 12.9. The van der Waals surface area contributed by atoms with E-state index in [2.05, 4.69) is 10.0 Å². The molecule has 2 aliphatic carbocycles. The number of nitro groups is 1. The molecule has 2 bridgehead atoms. The third-order valence-corrected chi connectivity index (χ3v) is 10.7. The first-order chi connectivity index (χ1) is 18.8. The van der Waals surface area contributed by atoms with Crippen molar-refractivity contribution in [3.63, 3.8) is 0 Å². The van der Waals surface area contributed by atoms with Crippen LogP contribution in [0.25, 0.3) is 11.1 Å². The first-order valence-corrected chi connectivity index (χ1v) is 15.8. The molecule has 0 radical (unpaired) electrons. The number of carboxylic acids is 1. The molecule has 2 fully saturated rings. The zero-order valence-corrected chi connectivity index (χ0v) is 24.2. The second-order valence-electron chi connectivity index (χ2n) is 11.0. The zero-order chi connectivity index (χ0) is 29.3. The highest BCUT2D eigenvalue weighted by atomic mass is 32.2. The number of benzene rings is 2. The summed E-state index contributed by atoms with van der Waals surface area (Å²) in [5, 5.41) is 24.0. The van der Waals surface area contributed by atoms with Crippen LogP contribution in [0.5, 0.6) is 0 Å². The zero-order valence-electron chi connectivity index (χ0n) is 22.5. The van der Waals surface area contributed by atoms with Crippen LogP contribution in [0.3, 0.4) is 0 Å². The number of anilines is 1. The molecule has 2 aliphatic rings. The Hall–Kier alpha value is -3.22. The smallest absolute Gasteiger partial charge is 0.322 e. The maximum atomic E-state index is 13.2. The number of carbonyl (C=O) groups is 2. The molecule has 0 aromatic heterocycles. The molecule has 2 saturated carbocycles. The van der Waals surface area contributed by atoms with Gasteiger partial charge < -0.3 is 10.4 Å². The SMILES string of the molecule is CS/C(=C\[N+](=O)[O-])Nc1cccc(-c2ccc(C[C@H](NS(=O)(=O)CC34CC[C@@H](CC3=O)C4(C)C)C(=O)O)cc2)c1. The van der Waals surface area contributed by atoms with Gasteiger partial charge in [0.05, 0.1) is 10.7 Å². The summed E-state index contributed by atoms with van der Waals surface area (Å²) in [4.78, 5) is 35.1. The third kappa shape index (κ3) is 6.08. The maximum absolute atomic E-state index is 13.2. The minimum Gasteiger partial charge on any atom is -0.480 e. The Morgan fingerprint density at radius 1 is 1.23 bits per heavy atom. The summed E-state index contributed by atoms with van der Waals surface area (Å²) in [6, 6.07) is 13.0. The monoisotopic (exact) mass is 587 g/mol. The Morgan fingerprint density at radius 3 is 2.48 bits per heavy atom. The van der Waals surface area contributed by atoms with Gasteiger partial charge in [-0.15, -0.1) is 11.8 Å². The minimum atomic E-state index is -4.06. The van der Waals surface area contributed by atoms with Crippen LogP contribution in [0, 0.1) is 26.9 Å². The van der Waals surface area contributed by atoms with Crippen LogP contribution >= 0.6 is 11.8 Å². The average Bonchev–Trinajstić information content (AvgIpc) is 3.22. The van der Waals surface area contributed by atoms with E-state index in [1.807, 2.05) is 44.2 Å². The van der Waals surface area contributed by atoms with Crippen molar-refractivity contribution < 1.29 is 28.0 Å². The molecule has 1 unspecified atom stereocenters. The third-order valence-electron chi connectivity index (χ3n) is 8.50. The van der Waals surface area contributed by atoms with Crippen LogP contribution in [-0.2, 0) is 26.0 Å². The number of sulfonamides is 1. The van der Waals surface area contributed by atoms with Crippen LogP contribution in [-0.4, -0.2) is 48.3 Å². The summed E-state index contributed by atoms with van der Waals surface area (Å²) in [6.07, 6.45) is 4.25. The van der Waals surface area contributed by atoms with Crippen molar-refractivity contribution >= 4 is 39.2 Å². The molecule has 0 spiro atoms. The summed E-state index contributed by atoms with van der Waals surface area (Å²) >= 11 is 1.21. The van der Waals surface area contributed by atoms with Crippen molar-refractivity contribution in [3.8, 4) is 11.1 Å². The average molecular weight is 588 g/mol. The van der Waals surface area contributed by atoms with E-state index in [9.17, 15) is 33.2 Å². The van der Waals surface area contributed by atoms with Gasteiger partial charge in [-0.3, -0.25) is 19.7 Å². The van der Waals surface area contributed by atoms with Crippen LogP contribution in [0.15, 0.2) is 59.8 Å². The molecule has 2 aromatic rings. The second-order valence-corrected chi connectivity index (χ2v) is 13.6. The number of fused-ring (bicyclic) bond motifs is 2. The Kier molecular flexibility index (Phi) is 8.44. The number of Topliss-reactive ketones (excluding diaryl/α,β-unsaturated/α-hetero) is 1. The number of aliphatic carboxylic acids is 1. The fourth-order valence-corrected chi connectivity index (χ4v) is 8.53. The molecule has 0 saturated heterocycles. The number of carboxylic acid groups (broad SMARTS) is 1. The van der Waals surface area contributed by atoms with Gasteiger partial charge in [-0.1, -0.05) is 50.2 Å². The molecule has 0 amide bonds. The van der Waals surface area contributed by atoms with Gasteiger partial charge in [0.1, 0.15) is 16.9 Å². The van der Waals surface area contributed by atoms with Crippen LogP contribution in [0.1, 0.15) is 38.7 Å². The highest BCUT2D eigenvalue weighted by Gasteiger charge is 2.65. The molecule has 214 valence electrons. The fourth-order valence-electron chi connectivity index (χ4n) is 6.09. The lowest BCUT2D eigenvalue weighted by Crippen LogP contribution is -2.49. The number of thioether (sulfide) groups is 1. The molecular weight excluding hydrogens is 554 g/mol. The number of carbonyl (C=O) groups excluding carboxylic acids is 1. The lowest BCUT2D eigenvalue weighted by Gasteiger charge is -2.36. The normalized spacial score (nSPS) is 22.7. The number of ketones is 1. The Morgan fingerprint density at radius 2 is 1.93 bits per heavy atom. The molecule has 3 N–H and O–H groups in total. The molecule has 3 atom stereocenters. The summed E-state index contributed by atoms with van der Waals surface area (Å²) in [6.45, 7) is 3.89. The van der Waals surface area contributed by atoms with E-state index < -0.39 is 43.5 Å².